The van der Waals surface area contributed by atoms with E-state index in [4.69, 9.17) is 11.5 Å². The van der Waals surface area contributed by atoms with E-state index in [1.54, 1.807) is 0 Å². The molecule has 2 unspecified atom stereocenters. The Hall–Kier alpha value is -0.920. The van der Waals surface area contributed by atoms with E-state index in [-0.39, 0.29) is 5.41 Å². The molecule has 1 aliphatic carbocycles. The van der Waals surface area contributed by atoms with Crippen molar-refractivity contribution in [3.63, 3.8) is 0 Å². The minimum Gasteiger partial charge on any atom is -0.402 e. The molecule has 0 radical (unpaired) electrons. The fourth-order valence-corrected chi connectivity index (χ4v) is 2.42. The van der Waals surface area contributed by atoms with Crippen LogP contribution in [-0.4, -0.2) is 0 Å². The average molecular weight is 194 g/mol. The van der Waals surface area contributed by atoms with Crippen molar-refractivity contribution in [2.75, 3.05) is 0 Å². The van der Waals surface area contributed by atoms with Crippen LogP contribution in [0, 0.1) is 11.3 Å². The predicted octanol–water partition coefficient (Wildman–Crippen LogP) is 2.52. The van der Waals surface area contributed by atoms with Gasteiger partial charge >= 0.3 is 0 Å². The second-order valence-electron chi connectivity index (χ2n) is 4.47. The Morgan fingerprint density at radius 3 is 2.36 bits per heavy atom. The number of nitrogens with two attached hydrogens (primary N) is 2. The predicted molar refractivity (Wildman–Crippen MR) is 61.3 cm³/mol. The summed E-state index contributed by atoms with van der Waals surface area (Å²) in [7, 11) is 0. The van der Waals surface area contributed by atoms with Gasteiger partial charge < -0.3 is 11.5 Å². The normalized spacial score (nSPS) is 33.1. The van der Waals surface area contributed by atoms with E-state index >= 15 is 0 Å². The first-order chi connectivity index (χ1) is 6.47. The maximum atomic E-state index is 6.13. The number of hydrogen-bond acceptors (Lipinski definition) is 2. The van der Waals surface area contributed by atoms with Crippen molar-refractivity contribution >= 4 is 0 Å². The Bertz CT molecular complexity index is 289. The lowest BCUT2D eigenvalue weighted by Gasteiger charge is -2.41. The van der Waals surface area contributed by atoms with Crippen molar-refractivity contribution in [3.8, 4) is 0 Å². The molecule has 0 aromatic carbocycles. The van der Waals surface area contributed by atoms with Gasteiger partial charge in [-0.2, -0.15) is 0 Å². The molecule has 0 saturated carbocycles. The van der Waals surface area contributed by atoms with Crippen LogP contribution in [-0.2, 0) is 0 Å². The smallest absolute Gasteiger partial charge is 0.0152 e. The Morgan fingerprint density at radius 1 is 1.36 bits per heavy atom. The summed E-state index contributed by atoms with van der Waals surface area (Å²) in [6, 6.07) is 0. The molecule has 0 heterocycles. The van der Waals surface area contributed by atoms with E-state index in [9.17, 15) is 0 Å². The van der Waals surface area contributed by atoms with Gasteiger partial charge in [-0.1, -0.05) is 20.8 Å². The van der Waals surface area contributed by atoms with Crippen molar-refractivity contribution in [3.05, 3.63) is 23.0 Å². The van der Waals surface area contributed by atoms with Gasteiger partial charge in [0, 0.05) is 22.7 Å². The molecule has 2 atom stereocenters. The van der Waals surface area contributed by atoms with Crippen molar-refractivity contribution in [1.29, 1.82) is 0 Å². The molecule has 2 nitrogen and oxygen atoms in total. The van der Waals surface area contributed by atoms with E-state index in [1.807, 2.05) is 13.0 Å². The quantitative estimate of drug-likeness (QED) is 0.709. The van der Waals surface area contributed by atoms with Crippen LogP contribution < -0.4 is 11.5 Å². The van der Waals surface area contributed by atoms with Gasteiger partial charge in [-0.25, -0.2) is 0 Å². The summed E-state index contributed by atoms with van der Waals surface area (Å²) in [4.78, 5) is 0. The molecule has 0 fully saturated rings. The molecule has 4 N–H and O–H groups in total. The zero-order valence-corrected chi connectivity index (χ0v) is 9.72. The van der Waals surface area contributed by atoms with Gasteiger partial charge in [-0.3, -0.25) is 0 Å². The third-order valence-corrected chi connectivity index (χ3v) is 3.77. The van der Waals surface area contributed by atoms with Crippen molar-refractivity contribution < 1.29 is 0 Å². The molecule has 0 bridgehead atoms. The lowest BCUT2D eigenvalue weighted by Crippen LogP contribution is -2.38. The van der Waals surface area contributed by atoms with E-state index in [1.165, 1.54) is 0 Å². The van der Waals surface area contributed by atoms with Gasteiger partial charge in [0.15, 0.2) is 0 Å². The Balaban J connectivity index is 3.19. The van der Waals surface area contributed by atoms with Crippen LogP contribution in [0.2, 0.25) is 0 Å². The molecule has 0 aromatic heterocycles. The van der Waals surface area contributed by atoms with Crippen molar-refractivity contribution in [1.82, 2.24) is 0 Å². The number of hydrogen-bond donors (Lipinski definition) is 2. The molecule has 2 heteroatoms. The zero-order valence-electron chi connectivity index (χ0n) is 9.72. The largest absolute Gasteiger partial charge is 0.402 e. The maximum absolute atomic E-state index is 6.13. The first-order valence-corrected chi connectivity index (χ1v) is 5.41. The van der Waals surface area contributed by atoms with E-state index in [2.05, 4.69) is 20.8 Å². The monoisotopic (exact) mass is 194 g/mol. The SMILES string of the molecule is CCC1C(N)=C(C)C=C(N)C1(C)CC. The minimum absolute atomic E-state index is 0.0539. The minimum atomic E-state index is 0.0539. The van der Waals surface area contributed by atoms with Gasteiger partial charge in [-0.05, 0) is 31.4 Å². The van der Waals surface area contributed by atoms with Gasteiger partial charge in [0.1, 0.15) is 0 Å². The first kappa shape index (κ1) is 11.2. The molecule has 0 aromatic rings. The molecule has 14 heavy (non-hydrogen) atoms. The molecule has 1 aliphatic rings. The van der Waals surface area contributed by atoms with Crippen LogP contribution in [0.3, 0.4) is 0 Å². The third-order valence-electron chi connectivity index (χ3n) is 3.77. The van der Waals surface area contributed by atoms with Crippen LogP contribution in [0.15, 0.2) is 23.0 Å². The first-order valence-electron chi connectivity index (χ1n) is 5.41. The Kier molecular flexibility index (Phi) is 2.93. The number of rotatable bonds is 2. The fourth-order valence-electron chi connectivity index (χ4n) is 2.42. The van der Waals surface area contributed by atoms with Crippen LogP contribution >= 0.6 is 0 Å². The highest BCUT2D eigenvalue weighted by Crippen LogP contribution is 2.44. The second-order valence-corrected chi connectivity index (χ2v) is 4.47. The Morgan fingerprint density at radius 2 is 1.93 bits per heavy atom. The van der Waals surface area contributed by atoms with Gasteiger partial charge in [0.2, 0.25) is 0 Å². The third kappa shape index (κ3) is 1.43. The standard InChI is InChI=1S/C12H22N2/c1-5-9-11(14)8(3)7-10(13)12(9,4)6-2/h7,9H,5-6,13-14H2,1-4H3. The van der Waals surface area contributed by atoms with Crippen molar-refractivity contribution in [2.45, 2.75) is 40.5 Å². The molecule has 1 rings (SSSR count). The summed E-state index contributed by atoms with van der Waals surface area (Å²) in [5.74, 6) is 0.400. The average Bonchev–Trinajstić information content (AvgIpc) is 2.16. The highest BCUT2D eigenvalue weighted by Gasteiger charge is 2.38. The summed E-state index contributed by atoms with van der Waals surface area (Å²) < 4.78 is 0. The van der Waals surface area contributed by atoms with Crippen molar-refractivity contribution in [2.24, 2.45) is 22.8 Å². The molecule has 0 aliphatic heterocycles. The fraction of sp³-hybridized carbons (Fsp3) is 0.667. The highest BCUT2D eigenvalue weighted by molar-refractivity contribution is 5.36. The van der Waals surface area contributed by atoms with Crippen LogP contribution in [0.1, 0.15) is 40.5 Å². The molecular weight excluding hydrogens is 172 g/mol. The summed E-state index contributed by atoms with van der Waals surface area (Å²) in [6.45, 7) is 8.61. The lowest BCUT2D eigenvalue weighted by molar-refractivity contribution is 0.244. The van der Waals surface area contributed by atoms with Crippen LogP contribution in [0.25, 0.3) is 0 Å². The number of allylic oxidation sites excluding steroid dienone is 4. The maximum Gasteiger partial charge on any atom is 0.0152 e. The van der Waals surface area contributed by atoms with Crippen LogP contribution in [0.5, 0.6) is 0 Å². The van der Waals surface area contributed by atoms with Crippen LogP contribution in [0.4, 0.5) is 0 Å². The second kappa shape index (κ2) is 3.68. The summed E-state index contributed by atoms with van der Waals surface area (Å²) in [6.07, 6.45) is 4.13. The molecular formula is C12H22N2. The zero-order chi connectivity index (χ0) is 10.9. The molecule has 0 spiro atoms. The van der Waals surface area contributed by atoms with E-state index in [0.717, 1.165) is 29.8 Å². The van der Waals surface area contributed by atoms with Gasteiger partial charge in [0.05, 0.1) is 0 Å². The van der Waals surface area contributed by atoms with Gasteiger partial charge in [0.25, 0.3) is 0 Å². The summed E-state index contributed by atoms with van der Waals surface area (Å²) >= 11 is 0. The topological polar surface area (TPSA) is 52.0 Å². The molecule has 0 amide bonds. The molecule has 80 valence electrons. The van der Waals surface area contributed by atoms with E-state index < -0.39 is 0 Å². The highest BCUT2D eigenvalue weighted by atomic mass is 14.7. The Labute approximate surface area is 87.0 Å². The summed E-state index contributed by atoms with van der Waals surface area (Å²) in [5.41, 5.74) is 15.4. The van der Waals surface area contributed by atoms with E-state index in [0.29, 0.717) is 5.92 Å². The van der Waals surface area contributed by atoms with Gasteiger partial charge in [-0.15, -0.1) is 0 Å². The summed E-state index contributed by atoms with van der Waals surface area (Å²) in [5, 5.41) is 0. The lowest BCUT2D eigenvalue weighted by atomic mass is 9.66. The molecule has 0 saturated heterocycles.